The van der Waals surface area contributed by atoms with E-state index < -0.39 is 0 Å². The summed E-state index contributed by atoms with van der Waals surface area (Å²) in [5, 5.41) is 8.65. The molecule has 3 aromatic heterocycles. The van der Waals surface area contributed by atoms with E-state index in [2.05, 4.69) is 60.3 Å². The summed E-state index contributed by atoms with van der Waals surface area (Å²) in [6, 6.07) is 9.36. The molecule has 7 rings (SSSR count). The second-order valence-corrected chi connectivity index (χ2v) is 13.0. The molecular weight excluding hydrogens is 634 g/mol. The average Bonchev–Trinajstić information content (AvgIpc) is 3.82. The number of nitrogens with one attached hydrogen (secondary N) is 1. The lowest BCUT2D eigenvalue weighted by Crippen LogP contribution is -2.45. The second kappa shape index (κ2) is 11.1. The van der Waals surface area contributed by atoms with E-state index >= 15 is 0 Å². The molecule has 1 saturated heterocycles. The van der Waals surface area contributed by atoms with Crippen LogP contribution in [0, 0.1) is 18.3 Å². The first-order valence-corrected chi connectivity index (χ1v) is 15.9. The van der Waals surface area contributed by atoms with Gasteiger partial charge in [0, 0.05) is 53.3 Å². The number of Topliss-reactive ketones (excluding diaryl/α,β-unsaturated/α-hetero) is 1. The van der Waals surface area contributed by atoms with Gasteiger partial charge in [-0.1, -0.05) is 24.3 Å². The van der Waals surface area contributed by atoms with Gasteiger partial charge in [-0.3, -0.25) is 19.2 Å². The number of amides is 1. The SMILES string of the molecule is C=CCOCc1ccc(Br)nc1NC(=O)[C@@H]1C[C@@]2(C=C)C3C[C@]32N1CCn1nc(C(C)=O)c2cc(-c3cnc(C)nc3)ccc21. The number of anilines is 1. The molecule has 4 heterocycles. The lowest BCUT2D eigenvalue weighted by molar-refractivity contribution is -0.121. The maximum atomic E-state index is 13.9. The number of ether oxygens (including phenoxy) is 1. The zero-order valence-corrected chi connectivity index (χ0v) is 26.9. The maximum Gasteiger partial charge on any atom is 0.242 e. The maximum absolute atomic E-state index is 13.9. The van der Waals surface area contributed by atoms with Crippen LogP contribution in [-0.2, 0) is 22.7 Å². The van der Waals surface area contributed by atoms with Gasteiger partial charge in [-0.2, -0.15) is 5.10 Å². The van der Waals surface area contributed by atoms with Gasteiger partial charge in [0.1, 0.15) is 21.9 Å². The van der Waals surface area contributed by atoms with E-state index in [0.29, 0.717) is 60.6 Å². The summed E-state index contributed by atoms with van der Waals surface area (Å²) < 4.78 is 8.17. The molecule has 0 bridgehead atoms. The molecule has 1 aliphatic heterocycles. The van der Waals surface area contributed by atoms with Crippen molar-refractivity contribution in [2.75, 3.05) is 18.5 Å². The van der Waals surface area contributed by atoms with Crippen LogP contribution in [0.25, 0.3) is 22.0 Å². The average molecular weight is 669 g/mol. The summed E-state index contributed by atoms with van der Waals surface area (Å²) in [6.07, 6.45) is 9.08. The fourth-order valence-electron chi connectivity index (χ4n) is 7.47. The monoisotopic (exact) mass is 667 g/mol. The van der Waals surface area contributed by atoms with Crippen molar-refractivity contribution in [1.29, 1.82) is 0 Å². The highest BCUT2D eigenvalue weighted by atomic mass is 79.9. The van der Waals surface area contributed by atoms with E-state index in [1.54, 1.807) is 18.5 Å². The Bertz CT molecular complexity index is 1870. The zero-order chi connectivity index (χ0) is 31.5. The molecule has 45 heavy (non-hydrogen) atoms. The molecule has 2 aliphatic carbocycles. The van der Waals surface area contributed by atoms with Crippen LogP contribution in [0.1, 0.15) is 41.6 Å². The molecule has 2 saturated carbocycles. The Morgan fingerprint density at radius 3 is 2.64 bits per heavy atom. The third-order valence-electron chi connectivity index (χ3n) is 9.79. The van der Waals surface area contributed by atoms with Crippen LogP contribution in [0.2, 0.25) is 0 Å². The molecule has 3 aliphatic rings. The molecule has 4 aromatic rings. The van der Waals surface area contributed by atoms with Crippen molar-refractivity contribution in [2.45, 2.75) is 51.4 Å². The fraction of sp³-hybridized carbons (Fsp3) is 0.353. The summed E-state index contributed by atoms with van der Waals surface area (Å²) in [7, 11) is 0. The molecule has 1 aromatic carbocycles. The quantitative estimate of drug-likeness (QED) is 0.0909. The van der Waals surface area contributed by atoms with Crippen LogP contribution in [0.3, 0.4) is 0 Å². The largest absolute Gasteiger partial charge is 0.373 e. The molecule has 11 heteroatoms. The summed E-state index contributed by atoms with van der Waals surface area (Å²) >= 11 is 3.44. The van der Waals surface area contributed by atoms with Crippen molar-refractivity contribution >= 4 is 44.3 Å². The van der Waals surface area contributed by atoms with Crippen molar-refractivity contribution in [3.8, 4) is 11.1 Å². The first kappa shape index (κ1) is 29.6. The first-order chi connectivity index (χ1) is 21.7. The third-order valence-corrected chi connectivity index (χ3v) is 10.2. The molecule has 4 atom stereocenters. The van der Waals surface area contributed by atoms with E-state index in [-0.39, 0.29) is 28.7 Å². The number of likely N-dealkylation sites (tertiary alicyclic amines) is 1. The number of halogens is 1. The van der Waals surface area contributed by atoms with Crippen LogP contribution in [0.4, 0.5) is 5.82 Å². The van der Waals surface area contributed by atoms with Gasteiger partial charge in [0.15, 0.2) is 5.78 Å². The van der Waals surface area contributed by atoms with Gasteiger partial charge in [-0.15, -0.1) is 13.2 Å². The highest BCUT2D eigenvalue weighted by molar-refractivity contribution is 9.10. The summed E-state index contributed by atoms with van der Waals surface area (Å²) in [5.74, 6) is 1.51. The number of carbonyl (C=O) groups excluding carboxylic acids is 2. The minimum absolute atomic E-state index is 0.0394. The number of benzene rings is 1. The summed E-state index contributed by atoms with van der Waals surface area (Å²) in [4.78, 5) is 42.1. The molecular formula is C34H34BrN7O3. The number of aryl methyl sites for hydroxylation is 1. The Hall–Kier alpha value is -4.06. The molecule has 230 valence electrons. The number of hydrogen-bond acceptors (Lipinski definition) is 8. The molecule has 1 spiro atoms. The van der Waals surface area contributed by atoms with Gasteiger partial charge in [0.2, 0.25) is 5.91 Å². The number of pyridine rings is 1. The topological polar surface area (TPSA) is 115 Å². The molecule has 10 nitrogen and oxygen atoms in total. The van der Waals surface area contributed by atoms with Crippen LogP contribution < -0.4 is 5.32 Å². The van der Waals surface area contributed by atoms with Crippen LogP contribution >= 0.6 is 15.9 Å². The Balaban J connectivity index is 1.15. The Kier molecular flexibility index (Phi) is 7.30. The number of ketones is 1. The predicted molar refractivity (Wildman–Crippen MR) is 174 cm³/mol. The lowest BCUT2D eigenvalue weighted by Gasteiger charge is -2.28. The van der Waals surface area contributed by atoms with Gasteiger partial charge in [-0.05, 0) is 65.4 Å². The van der Waals surface area contributed by atoms with E-state index in [9.17, 15) is 9.59 Å². The van der Waals surface area contributed by atoms with E-state index in [0.717, 1.165) is 34.0 Å². The van der Waals surface area contributed by atoms with Crippen LogP contribution in [0.15, 0.2) is 72.6 Å². The van der Waals surface area contributed by atoms with E-state index in [4.69, 9.17) is 9.84 Å². The van der Waals surface area contributed by atoms with Crippen molar-refractivity contribution in [1.82, 2.24) is 29.6 Å². The molecule has 1 amide bonds. The minimum Gasteiger partial charge on any atom is -0.373 e. The van der Waals surface area contributed by atoms with Crippen molar-refractivity contribution in [3.63, 3.8) is 0 Å². The Labute approximate surface area is 269 Å². The first-order valence-electron chi connectivity index (χ1n) is 15.1. The molecule has 1 unspecified atom stereocenters. The lowest BCUT2D eigenvalue weighted by atomic mass is 9.89. The van der Waals surface area contributed by atoms with Gasteiger partial charge in [0.05, 0.1) is 31.3 Å². The van der Waals surface area contributed by atoms with Crippen LogP contribution in [-0.4, -0.2) is 66.1 Å². The third kappa shape index (κ3) is 4.76. The summed E-state index contributed by atoms with van der Waals surface area (Å²) in [6.45, 7) is 13.1. The highest BCUT2D eigenvalue weighted by Gasteiger charge is 2.93. The number of carbonyl (C=O) groups is 2. The predicted octanol–water partition coefficient (Wildman–Crippen LogP) is 5.52. The van der Waals surface area contributed by atoms with Crippen LogP contribution in [0.5, 0.6) is 0 Å². The van der Waals surface area contributed by atoms with Crippen molar-refractivity contribution in [3.05, 3.63) is 89.7 Å². The smallest absolute Gasteiger partial charge is 0.242 e. The normalized spacial score (nSPS) is 24.6. The number of fused-ring (bicyclic) bond motifs is 2. The van der Waals surface area contributed by atoms with Gasteiger partial charge in [0.25, 0.3) is 0 Å². The Morgan fingerprint density at radius 1 is 1.13 bits per heavy atom. The highest BCUT2D eigenvalue weighted by Crippen LogP contribution is 2.89. The standard InChI is InChI=1S/C34H34BrN7O3/c1-5-13-45-19-23-8-10-29(35)38-31(23)39-32(44)27-15-33(6-2)28-16-34(28,33)41(27)11-12-42-26-9-7-22(24-17-36-21(4)37-18-24)14-25(26)30(40-42)20(3)43/h5-10,14,17-18,27-28H,1-2,11-13,15-16,19H2,3-4H3,(H,38,39,44)/t27-,28?,33-,34-/m0/s1. The van der Waals surface area contributed by atoms with Crippen molar-refractivity contribution in [2.24, 2.45) is 11.3 Å². The number of piperidine rings is 1. The van der Waals surface area contributed by atoms with E-state index in [1.807, 2.05) is 41.9 Å². The number of hydrogen-bond donors (Lipinski definition) is 1. The zero-order valence-electron chi connectivity index (χ0n) is 25.3. The number of rotatable bonds is 12. The molecule has 1 N–H and O–H groups in total. The van der Waals surface area contributed by atoms with Crippen molar-refractivity contribution < 1.29 is 14.3 Å². The van der Waals surface area contributed by atoms with Gasteiger partial charge < -0.3 is 10.1 Å². The molecule has 3 fully saturated rings. The second-order valence-electron chi connectivity index (χ2n) is 12.2. The Morgan fingerprint density at radius 2 is 1.93 bits per heavy atom. The number of nitrogens with zero attached hydrogens (tertiary/aromatic N) is 6. The van der Waals surface area contributed by atoms with Gasteiger partial charge >= 0.3 is 0 Å². The minimum atomic E-state index is -0.355. The van der Waals surface area contributed by atoms with Gasteiger partial charge in [-0.25, -0.2) is 15.0 Å². The molecule has 0 radical (unpaired) electrons. The summed E-state index contributed by atoms with van der Waals surface area (Å²) in [5.41, 5.74) is 3.80. The fourth-order valence-corrected chi connectivity index (χ4v) is 7.78. The van der Waals surface area contributed by atoms with E-state index in [1.165, 1.54) is 6.92 Å². The number of aromatic nitrogens is 5.